The number of nitrogens with one attached hydrogen (secondary N) is 2. The summed E-state index contributed by atoms with van der Waals surface area (Å²) in [6.45, 7) is 9.97. The van der Waals surface area contributed by atoms with Crippen LogP contribution in [0.3, 0.4) is 0 Å². The molecule has 1 aromatic heterocycles. The summed E-state index contributed by atoms with van der Waals surface area (Å²) >= 11 is 1.77. The van der Waals surface area contributed by atoms with Gasteiger partial charge in [-0.1, -0.05) is 20.8 Å². The molecule has 4 heteroatoms. The van der Waals surface area contributed by atoms with Gasteiger partial charge in [-0.2, -0.15) is 0 Å². The third-order valence-electron chi connectivity index (χ3n) is 3.89. The van der Waals surface area contributed by atoms with Crippen LogP contribution in [0.25, 0.3) is 0 Å². The summed E-state index contributed by atoms with van der Waals surface area (Å²) in [7, 11) is 0. The van der Waals surface area contributed by atoms with Crippen molar-refractivity contribution in [2.75, 3.05) is 13.1 Å². The van der Waals surface area contributed by atoms with E-state index in [0.29, 0.717) is 11.5 Å². The first-order valence-corrected chi connectivity index (χ1v) is 7.87. The lowest BCUT2D eigenvalue weighted by molar-refractivity contribution is 0.176. The van der Waals surface area contributed by atoms with Gasteiger partial charge >= 0.3 is 0 Å². The minimum Gasteiger partial charge on any atom is -0.312 e. The van der Waals surface area contributed by atoms with Crippen molar-refractivity contribution in [2.24, 2.45) is 5.41 Å². The lowest BCUT2D eigenvalue weighted by Crippen LogP contribution is -2.51. The zero-order chi connectivity index (χ0) is 13.0. The van der Waals surface area contributed by atoms with Crippen LogP contribution in [0.1, 0.15) is 44.3 Å². The standard InChI is InChI=1S/C14H25N3S/c1-4-13-17-11(10-18-13)8-15-9-12-14(2,3)6-5-7-16-12/h10,12,15-16H,4-9H2,1-3H3. The molecule has 1 aliphatic rings. The van der Waals surface area contributed by atoms with Gasteiger partial charge in [0.1, 0.15) is 0 Å². The molecule has 2 heterocycles. The van der Waals surface area contributed by atoms with Crippen LogP contribution in [0, 0.1) is 5.41 Å². The van der Waals surface area contributed by atoms with E-state index in [9.17, 15) is 0 Å². The Labute approximate surface area is 114 Å². The average molecular weight is 267 g/mol. The molecule has 2 rings (SSSR count). The molecule has 0 spiro atoms. The van der Waals surface area contributed by atoms with Crippen LogP contribution in [0.4, 0.5) is 0 Å². The second-order valence-electron chi connectivity index (χ2n) is 5.82. The van der Waals surface area contributed by atoms with Gasteiger partial charge in [0.05, 0.1) is 10.7 Å². The van der Waals surface area contributed by atoms with Crippen molar-refractivity contribution in [1.29, 1.82) is 0 Å². The van der Waals surface area contributed by atoms with Crippen molar-refractivity contribution in [3.63, 3.8) is 0 Å². The van der Waals surface area contributed by atoms with Crippen LogP contribution >= 0.6 is 11.3 Å². The molecule has 2 N–H and O–H groups in total. The molecule has 1 fully saturated rings. The molecule has 3 nitrogen and oxygen atoms in total. The molecule has 0 aliphatic carbocycles. The van der Waals surface area contributed by atoms with E-state index < -0.39 is 0 Å². The number of rotatable bonds is 5. The van der Waals surface area contributed by atoms with Crippen LogP contribution in [0.2, 0.25) is 0 Å². The lowest BCUT2D eigenvalue weighted by atomic mass is 9.77. The lowest BCUT2D eigenvalue weighted by Gasteiger charge is -2.39. The van der Waals surface area contributed by atoms with Gasteiger partial charge in [0.25, 0.3) is 0 Å². The highest BCUT2D eigenvalue weighted by Crippen LogP contribution is 2.29. The summed E-state index contributed by atoms with van der Waals surface area (Å²) in [6, 6.07) is 0.579. The fourth-order valence-electron chi connectivity index (χ4n) is 2.56. The summed E-state index contributed by atoms with van der Waals surface area (Å²) in [6.07, 6.45) is 3.67. The fourth-order valence-corrected chi connectivity index (χ4v) is 3.30. The Morgan fingerprint density at radius 2 is 2.39 bits per heavy atom. The Balaban J connectivity index is 1.77. The third-order valence-corrected chi connectivity index (χ3v) is 4.93. The highest BCUT2D eigenvalue weighted by Gasteiger charge is 2.31. The van der Waals surface area contributed by atoms with Crippen LogP contribution in [-0.4, -0.2) is 24.1 Å². The molecule has 1 aromatic rings. The van der Waals surface area contributed by atoms with Gasteiger partial charge in [-0.15, -0.1) is 11.3 Å². The van der Waals surface area contributed by atoms with E-state index in [4.69, 9.17) is 0 Å². The summed E-state index contributed by atoms with van der Waals surface area (Å²) in [4.78, 5) is 4.58. The minimum absolute atomic E-state index is 0.405. The number of thiazole rings is 1. The fraction of sp³-hybridized carbons (Fsp3) is 0.786. The van der Waals surface area contributed by atoms with Gasteiger partial charge in [0.15, 0.2) is 0 Å². The maximum absolute atomic E-state index is 4.58. The van der Waals surface area contributed by atoms with Crippen molar-refractivity contribution in [2.45, 2.75) is 52.6 Å². The number of piperidine rings is 1. The monoisotopic (exact) mass is 267 g/mol. The Morgan fingerprint density at radius 3 is 3.06 bits per heavy atom. The van der Waals surface area contributed by atoms with Crippen molar-refractivity contribution in [3.8, 4) is 0 Å². The third kappa shape index (κ3) is 3.53. The van der Waals surface area contributed by atoms with Crippen molar-refractivity contribution in [1.82, 2.24) is 15.6 Å². The number of hydrogen-bond acceptors (Lipinski definition) is 4. The molecular formula is C14H25N3S. The van der Waals surface area contributed by atoms with E-state index >= 15 is 0 Å². The van der Waals surface area contributed by atoms with Gasteiger partial charge in [0.2, 0.25) is 0 Å². The number of aromatic nitrogens is 1. The predicted octanol–water partition coefficient (Wildman–Crippen LogP) is 2.57. The molecular weight excluding hydrogens is 242 g/mol. The number of aryl methyl sites for hydroxylation is 1. The number of nitrogens with zero attached hydrogens (tertiary/aromatic N) is 1. The molecule has 1 aliphatic heterocycles. The predicted molar refractivity (Wildman–Crippen MR) is 78.0 cm³/mol. The summed E-state index contributed by atoms with van der Waals surface area (Å²) in [5, 5.41) is 10.6. The molecule has 0 saturated carbocycles. The Morgan fingerprint density at radius 1 is 1.56 bits per heavy atom. The smallest absolute Gasteiger partial charge is 0.0926 e. The quantitative estimate of drug-likeness (QED) is 0.861. The molecule has 0 radical (unpaired) electrons. The van der Waals surface area contributed by atoms with Crippen LogP contribution in [0.15, 0.2) is 5.38 Å². The Kier molecular flexibility index (Phi) is 4.76. The highest BCUT2D eigenvalue weighted by molar-refractivity contribution is 7.09. The minimum atomic E-state index is 0.405. The Hall–Kier alpha value is -0.450. The second-order valence-corrected chi connectivity index (χ2v) is 6.76. The summed E-state index contributed by atoms with van der Waals surface area (Å²) in [5.41, 5.74) is 1.59. The Bertz CT molecular complexity index is 373. The number of hydrogen-bond donors (Lipinski definition) is 2. The molecule has 1 atom stereocenters. The molecule has 0 aromatic carbocycles. The molecule has 102 valence electrons. The van der Waals surface area contributed by atoms with Gasteiger partial charge in [-0.05, 0) is 31.2 Å². The normalized spacial score (nSPS) is 23.2. The molecule has 18 heavy (non-hydrogen) atoms. The summed E-state index contributed by atoms with van der Waals surface area (Å²) < 4.78 is 0. The first-order chi connectivity index (χ1) is 8.62. The average Bonchev–Trinajstić information content (AvgIpc) is 2.79. The zero-order valence-electron chi connectivity index (χ0n) is 11.8. The molecule has 0 amide bonds. The topological polar surface area (TPSA) is 37.0 Å². The van der Waals surface area contributed by atoms with E-state index in [2.05, 4.69) is 41.8 Å². The van der Waals surface area contributed by atoms with Crippen LogP contribution in [0.5, 0.6) is 0 Å². The van der Waals surface area contributed by atoms with Gasteiger partial charge in [0, 0.05) is 24.5 Å². The van der Waals surface area contributed by atoms with E-state index in [1.165, 1.54) is 23.5 Å². The highest BCUT2D eigenvalue weighted by atomic mass is 32.1. The molecule has 1 unspecified atom stereocenters. The molecule has 1 saturated heterocycles. The maximum Gasteiger partial charge on any atom is 0.0926 e. The van der Waals surface area contributed by atoms with Crippen LogP contribution in [-0.2, 0) is 13.0 Å². The first kappa shape index (κ1) is 14.0. The zero-order valence-corrected chi connectivity index (χ0v) is 12.6. The van der Waals surface area contributed by atoms with Gasteiger partial charge in [-0.25, -0.2) is 4.98 Å². The van der Waals surface area contributed by atoms with Crippen molar-refractivity contribution < 1.29 is 0 Å². The van der Waals surface area contributed by atoms with E-state index in [1.807, 2.05) is 0 Å². The van der Waals surface area contributed by atoms with Crippen molar-refractivity contribution in [3.05, 3.63) is 16.1 Å². The largest absolute Gasteiger partial charge is 0.312 e. The maximum atomic E-state index is 4.58. The van der Waals surface area contributed by atoms with E-state index in [0.717, 1.165) is 26.1 Å². The van der Waals surface area contributed by atoms with Crippen LogP contribution < -0.4 is 10.6 Å². The van der Waals surface area contributed by atoms with E-state index in [1.54, 1.807) is 11.3 Å². The first-order valence-electron chi connectivity index (χ1n) is 6.99. The van der Waals surface area contributed by atoms with Gasteiger partial charge < -0.3 is 10.6 Å². The van der Waals surface area contributed by atoms with Gasteiger partial charge in [-0.3, -0.25) is 0 Å². The second kappa shape index (κ2) is 6.13. The summed E-state index contributed by atoms with van der Waals surface area (Å²) in [5.74, 6) is 0. The van der Waals surface area contributed by atoms with Crippen molar-refractivity contribution >= 4 is 11.3 Å². The molecule has 0 bridgehead atoms. The SMILES string of the molecule is CCc1nc(CNCC2NCCCC2(C)C)cs1. The van der Waals surface area contributed by atoms with E-state index in [-0.39, 0.29) is 0 Å².